The molecule has 1 amide bonds. The van der Waals surface area contributed by atoms with Gasteiger partial charge in [0.1, 0.15) is 11.8 Å². The van der Waals surface area contributed by atoms with E-state index in [-0.39, 0.29) is 30.4 Å². The van der Waals surface area contributed by atoms with Gasteiger partial charge in [-0.05, 0) is 63.1 Å². The van der Waals surface area contributed by atoms with Crippen molar-refractivity contribution in [3.05, 3.63) is 80.8 Å². The number of hydrogen-bond acceptors (Lipinski definition) is 5. The minimum atomic E-state index is -0.481. The molecule has 0 saturated carbocycles. The number of aromatic nitrogens is 2. The van der Waals surface area contributed by atoms with Crippen LogP contribution in [0.1, 0.15) is 48.0 Å². The van der Waals surface area contributed by atoms with Gasteiger partial charge in [-0.15, -0.1) is 0 Å². The van der Waals surface area contributed by atoms with Crippen molar-refractivity contribution in [2.24, 2.45) is 0 Å². The van der Waals surface area contributed by atoms with Crippen LogP contribution in [0.5, 0.6) is 0 Å². The van der Waals surface area contributed by atoms with Gasteiger partial charge in [-0.1, -0.05) is 19.1 Å². The number of amides is 1. The van der Waals surface area contributed by atoms with Gasteiger partial charge in [0.15, 0.2) is 0 Å². The third-order valence-electron chi connectivity index (χ3n) is 5.22. The van der Waals surface area contributed by atoms with Crippen LogP contribution in [0.4, 0.5) is 11.5 Å². The standard InChI is InChI=1S/C24H25N5O3/c1-5-6-22(30)27(24-23(29(31)32)16(2)13-17(3)26-24)15-19-8-11-20(12-9-19)28-18(4)7-10-21(28)14-25/h7-13H,5-6,15H2,1-4H3. The third-order valence-corrected chi connectivity index (χ3v) is 5.22. The van der Waals surface area contributed by atoms with E-state index in [2.05, 4.69) is 11.1 Å². The largest absolute Gasteiger partial charge is 0.314 e. The van der Waals surface area contributed by atoms with Crippen LogP contribution in [0.25, 0.3) is 5.69 Å². The molecule has 3 rings (SSSR count). The van der Waals surface area contributed by atoms with Crippen LogP contribution in [0.15, 0.2) is 42.5 Å². The minimum absolute atomic E-state index is 0.0723. The number of nitrogens with zero attached hydrogens (tertiary/aromatic N) is 5. The summed E-state index contributed by atoms with van der Waals surface area (Å²) in [6.45, 7) is 7.38. The Morgan fingerprint density at radius 2 is 1.88 bits per heavy atom. The van der Waals surface area contributed by atoms with E-state index in [0.717, 1.165) is 16.9 Å². The zero-order valence-electron chi connectivity index (χ0n) is 18.6. The molecule has 32 heavy (non-hydrogen) atoms. The maximum atomic E-state index is 13.0. The molecule has 164 valence electrons. The summed E-state index contributed by atoms with van der Waals surface area (Å²) in [7, 11) is 0. The second kappa shape index (κ2) is 9.43. The zero-order chi connectivity index (χ0) is 23.4. The fourth-order valence-corrected chi connectivity index (χ4v) is 3.76. The average molecular weight is 431 g/mol. The lowest BCUT2D eigenvalue weighted by molar-refractivity contribution is -0.384. The molecule has 3 aromatic rings. The number of hydrogen-bond donors (Lipinski definition) is 0. The maximum Gasteiger partial charge on any atom is 0.314 e. The normalized spacial score (nSPS) is 10.6. The molecule has 0 saturated heterocycles. The molecule has 0 fully saturated rings. The predicted octanol–water partition coefficient (Wildman–Crippen LogP) is 4.91. The number of aryl methyl sites for hydroxylation is 3. The van der Waals surface area contributed by atoms with Gasteiger partial charge in [0, 0.05) is 29.1 Å². The first kappa shape index (κ1) is 22.7. The SMILES string of the molecule is CCCC(=O)N(Cc1ccc(-n2c(C)ccc2C#N)cc1)c1nc(C)cc(C)c1[N+](=O)[O-]. The Hall–Kier alpha value is -3.99. The molecule has 0 aliphatic rings. The van der Waals surface area contributed by atoms with Gasteiger partial charge in [-0.3, -0.25) is 19.8 Å². The molecular weight excluding hydrogens is 406 g/mol. The van der Waals surface area contributed by atoms with Crippen molar-refractivity contribution in [3.63, 3.8) is 0 Å². The second-order valence-corrected chi connectivity index (χ2v) is 7.71. The zero-order valence-corrected chi connectivity index (χ0v) is 18.6. The van der Waals surface area contributed by atoms with Gasteiger partial charge in [0.05, 0.1) is 11.5 Å². The molecule has 8 nitrogen and oxygen atoms in total. The third kappa shape index (κ3) is 4.52. The molecule has 0 aliphatic heterocycles. The van der Waals surface area contributed by atoms with Crippen LogP contribution in [-0.4, -0.2) is 20.4 Å². The highest BCUT2D eigenvalue weighted by Crippen LogP contribution is 2.32. The fourth-order valence-electron chi connectivity index (χ4n) is 3.76. The number of nitriles is 1. The molecule has 1 aromatic carbocycles. The molecule has 0 spiro atoms. The summed E-state index contributed by atoms with van der Waals surface area (Å²) in [5.41, 5.74) is 4.02. The van der Waals surface area contributed by atoms with E-state index < -0.39 is 4.92 Å². The van der Waals surface area contributed by atoms with Crippen molar-refractivity contribution in [2.45, 2.75) is 47.1 Å². The van der Waals surface area contributed by atoms with E-state index in [1.54, 1.807) is 26.0 Å². The number of benzene rings is 1. The quantitative estimate of drug-likeness (QED) is 0.390. The lowest BCUT2D eigenvalue weighted by Crippen LogP contribution is -2.32. The number of carbonyl (C=O) groups is 1. The maximum absolute atomic E-state index is 13.0. The predicted molar refractivity (Wildman–Crippen MR) is 122 cm³/mol. The lowest BCUT2D eigenvalue weighted by Gasteiger charge is -2.23. The molecule has 0 N–H and O–H groups in total. The first-order valence-electron chi connectivity index (χ1n) is 10.4. The lowest BCUT2D eigenvalue weighted by atomic mass is 10.1. The topological polar surface area (TPSA) is 105 Å². The van der Waals surface area contributed by atoms with Crippen molar-refractivity contribution in [1.29, 1.82) is 5.26 Å². The molecule has 2 heterocycles. The Morgan fingerprint density at radius 1 is 1.19 bits per heavy atom. The van der Waals surface area contributed by atoms with Crippen LogP contribution in [-0.2, 0) is 11.3 Å². The minimum Gasteiger partial charge on any atom is -0.306 e. The van der Waals surface area contributed by atoms with Gasteiger partial charge in [0.25, 0.3) is 0 Å². The molecule has 8 heteroatoms. The fraction of sp³-hybridized carbons (Fsp3) is 0.292. The van der Waals surface area contributed by atoms with E-state index >= 15 is 0 Å². The molecule has 2 aromatic heterocycles. The Bertz CT molecular complexity index is 1210. The van der Waals surface area contributed by atoms with Gasteiger partial charge in [-0.2, -0.15) is 5.26 Å². The molecule has 0 aliphatic carbocycles. The van der Waals surface area contributed by atoms with Crippen molar-refractivity contribution < 1.29 is 9.72 Å². The summed E-state index contributed by atoms with van der Waals surface area (Å²) < 4.78 is 1.85. The highest BCUT2D eigenvalue weighted by atomic mass is 16.6. The van der Waals surface area contributed by atoms with E-state index in [0.29, 0.717) is 23.4 Å². The Balaban J connectivity index is 2.01. The first-order valence-corrected chi connectivity index (χ1v) is 10.4. The van der Waals surface area contributed by atoms with Crippen LogP contribution >= 0.6 is 0 Å². The number of nitro groups is 1. The number of carbonyl (C=O) groups excluding carboxylic acids is 1. The second-order valence-electron chi connectivity index (χ2n) is 7.71. The molecule has 0 radical (unpaired) electrons. The highest BCUT2D eigenvalue weighted by Gasteiger charge is 2.28. The Labute approximate surface area is 186 Å². The first-order chi connectivity index (χ1) is 15.3. The highest BCUT2D eigenvalue weighted by molar-refractivity contribution is 5.94. The van der Waals surface area contributed by atoms with E-state index in [1.807, 2.05) is 48.7 Å². The van der Waals surface area contributed by atoms with E-state index in [9.17, 15) is 20.2 Å². The van der Waals surface area contributed by atoms with Crippen LogP contribution in [0.3, 0.4) is 0 Å². The smallest absolute Gasteiger partial charge is 0.306 e. The van der Waals surface area contributed by atoms with E-state index in [4.69, 9.17) is 0 Å². The monoisotopic (exact) mass is 431 g/mol. The summed E-state index contributed by atoms with van der Waals surface area (Å²) in [4.78, 5) is 30.0. The van der Waals surface area contributed by atoms with Gasteiger partial charge >= 0.3 is 5.69 Å². The molecule has 0 atom stereocenters. The number of rotatable bonds is 7. The van der Waals surface area contributed by atoms with Gasteiger partial charge in [-0.25, -0.2) is 4.98 Å². The number of pyridine rings is 1. The van der Waals surface area contributed by atoms with Crippen molar-refractivity contribution in [2.75, 3.05) is 4.90 Å². The van der Waals surface area contributed by atoms with Crippen molar-refractivity contribution in [1.82, 2.24) is 9.55 Å². The summed E-state index contributed by atoms with van der Waals surface area (Å²) in [6.07, 6.45) is 0.884. The summed E-state index contributed by atoms with van der Waals surface area (Å²) >= 11 is 0. The van der Waals surface area contributed by atoms with Crippen molar-refractivity contribution >= 4 is 17.4 Å². The Morgan fingerprint density at radius 3 is 2.47 bits per heavy atom. The van der Waals surface area contributed by atoms with E-state index in [1.165, 1.54) is 4.90 Å². The summed E-state index contributed by atoms with van der Waals surface area (Å²) in [5, 5.41) is 21.1. The molecule has 0 bridgehead atoms. The summed E-state index contributed by atoms with van der Waals surface area (Å²) in [6, 6.07) is 14.9. The Kier molecular flexibility index (Phi) is 6.69. The van der Waals surface area contributed by atoms with Crippen LogP contribution in [0.2, 0.25) is 0 Å². The molecular formula is C24H25N5O3. The number of anilines is 1. The molecule has 0 unspecified atom stereocenters. The average Bonchev–Trinajstić information content (AvgIpc) is 3.12. The van der Waals surface area contributed by atoms with Crippen LogP contribution < -0.4 is 4.90 Å². The van der Waals surface area contributed by atoms with Gasteiger partial charge < -0.3 is 4.57 Å². The summed E-state index contributed by atoms with van der Waals surface area (Å²) in [5.74, 6) is -0.145. The van der Waals surface area contributed by atoms with Crippen LogP contribution in [0, 0.1) is 42.2 Å². The van der Waals surface area contributed by atoms with Crippen molar-refractivity contribution in [3.8, 4) is 11.8 Å². The van der Waals surface area contributed by atoms with Gasteiger partial charge in [0.2, 0.25) is 11.7 Å².